The van der Waals surface area contributed by atoms with Crippen LogP contribution in [0.15, 0.2) is 30.3 Å². The Morgan fingerprint density at radius 3 is 2.44 bits per heavy atom. The number of rotatable bonds is 6. The van der Waals surface area contributed by atoms with Gasteiger partial charge in [-0.25, -0.2) is 5.06 Å². The van der Waals surface area contributed by atoms with Crippen molar-refractivity contribution in [2.24, 2.45) is 0 Å². The normalized spacial score (nSPS) is 17.2. The van der Waals surface area contributed by atoms with Gasteiger partial charge in [-0.3, -0.25) is 14.4 Å². The highest BCUT2D eigenvalue weighted by atomic mass is 16.7. The molecule has 0 radical (unpaired) electrons. The van der Waals surface area contributed by atoms with E-state index in [0.29, 0.717) is 38.8 Å². The van der Waals surface area contributed by atoms with Crippen LogP contribution < -0.4 is 0 Å². The highest BCUT2D eigenvalue weighted by Gasteiger charge is 2.34. The third-order valence-electron chi connectivity index (χ3n) is 4.12. The van der Waals surface area contributed by atoms with Crippen LogP contribution in [0.5, 0.6) is 0 Å². The molecule has 0 saturated carbocycles. The first-order valence-corrected chi connectivity index (χ1v) is 8.73. The van der Waals surface area contributed by atoms with Crippen molar-refractivity contribution in [1.29, 1.82) is 0 Å². The molecule has 1 aromatic rings. The van der Waals surface area contributed by atoms with Gasteiger partial charge in [0.15, 0.2) is 0 Å². The summed E-state index contributed by atoms with van der Waals surface area (Å²) < 4.78 is 0. The summed E-state index contributed by atoms with van der Waals surface area (Å²) >= 11 is 0. The van der Waals surface area contributed by atoms with Crippen LogP contribution in [-0.2, 0) is 20.8 Å². The predicted octanol–water partition coefficient (Wildman–Crippen LogP) is 1.77. The fraction of sp³-hybridized carbons (Fsp3) is 0.579. The molecule has 0 spiro atoms. The number of likely N-dealkylation sites (tertiary alicyclic amines) is 1. The number of carbonyl (C=O) groups is 2. The smallest absolute Gasteiger partial charge is 0.248 e. The number of amides is 2. The average molecular weight is 348 g/mol. The summed E-state index contributed by atoms with van der Waals surface area (Å²) in [5.41, 5.74) is 0.371. The number of nitrogens with zero attached hydrogens (tertiary/aromatic N) is 2. The molecule has 1 heterocycles. The van der Waals surface area contributed by atoms with Gasteiger partial charge in [0.1, 0.15) is 6.04 Å². The molecule has 138 valence electrons. The number of carbonyl (C=O) groups excluding carboxylic acids is 2. The van der Waals surface area contributed by atoms with Gasteiger partial charge in [0.2, 0.25) is 12.3 Å². The number of benzene rings is 1. The minimum Gasteiger partial charge on any atom is -0.393 e. The molecule has 25 heavy (non-hydrogen) atoms. The average Bonchev–Trinajstić information content (AvgIpc) is 2.58. The molecule has 1 aliphatic rings. The second-order valence-electron chi connectivity index (χ2n) is 7.43. The van der Waals surface area contributed by atoms with Crippen molar-refractivity contribution >= 4 is 12.3 Å². The monoisotopic (exact) mass is 348 g/mol. The molecule has 6 heteroatoms. The van der Waals surface area contributed by atoms with Crippen LogP contribution in [0.4, 0.5) is 0 Å². The molecule has 1 saturated heterocycles. The first-order valence-electron chi connectivity index (χ1n) is 8.73. The summed E-state index contributed by atoms with van der Waals surface area (Å²) in [5, 5.41) is 10.8. The summed E-state index contributed by atoms with van der Waals surface area (Å²) in [6, 6.07) is 8.86. The molecule has 0 bridgehead atoms. The van der Waals surface area contributed by atoms with Crippen LogP contribution in [0.2, 0.25) is 0 Å². The Morgan fingerprint density at radius 1 is 1.32 bits per heavy atom. The van der Waals surface area contributed by atoms with E-state index in [1.807, 2.05) is 51.1 Å². The molecule has 0 unspecified atom stereocenters. The maximum atomic E-state index is 13.1. The zero-order valence-electron chi connectivity index (χ0n) is 15.2. The molecular weight excluding hydrogens is 320 g/mol. The third kappa shape index (κ3) is 5.83. The Kier molecular flexibility index (Phi) is 6.56. The lowest BCUT2D eigenvalue weighted by Crippen LogP contribution is -2.53. The van der Waals surface area contributed by atoms with Crippen molar-refractivity contribution in [3.05, 3.63) is 35.9 Å². The van der Waals surface area contributed by atoms with Crippen LogP contribution in [0.25, 0.3) is 0 Å². The molecule has 1 fully saturated rings. The standard InChI is InChI=1S/C19H28N2O4/c1-19(2,3)25-21(14-22)17(13-15-7-5-4-6-8-15)18(24)20-11-9-16(23)10-12-20/h4-8,14,16-17,23H,9-13H2,1-3H3/t17-/m1/s1. The Labute approximate surface area is 149 Å². The van der Waals surface area contributed by atoms with Crippen LogP contribution in [0, 0.1) is 0 Å². The fourth-order valence-electron chi connectivity index (χ4n) is 2.90. The Balaban J connectivity index is 2.20. The SMILES string of the molecule is CC(C)(C)ON(C=O)[C@H](Cc1ccccc1)C(=O)N1CCC(O)CC1. The maximum Gasteiger partial charge on any atom is 0.248 e. The topological polar surface area (TPSA) is 70.1 Å². The second-order valence-corrected chi connectivity index (χ2v) is 7.43. The van der Waals surface area contributed by atoms with Gasteiger partial charge in [-0.1, -0.05) is 30.3 Å². The van der Waals surface area contributed by atoms with Crippen molar-refractivity contribution in [3.63, 3.8) is 0 Å². The van der Waals surface area contributed by atoms with Crippen molar-refractivity contribution in [2.45, 2.75) is 57.8 Å². The number of piperidine rings is 1. The highest BCUT2D eigenvalue weighted by molar-refractivity contribution is 5.84. The maximum absolute atomic E-state index is 13.1. The minimum absolute atomic E-state index is 0.146. The van der Waals surface area contributed by atoms with Crippen molar-refractivity contribution in [1.82, 2.24) is 9.96 Å². The van der Waals surface area contributed by atoms with E-state index in [0.717, 1.165) is 10.6 Å². The Bertz CT molecular complexity index is 563. The van der Waals surface area contributed by atoms with Gasteiger partial charge in [0.25, 0.3) is 0 Å². The molecule has 0 aliphatic carbocycles. The third-order valence-corrected chi connectivity index (χ3v) is 4.12. The molecule has 1 atom stereocenters. The van der Waals surface area contributed by atoms with Crippen LogP contribution in [-0.4, -0.2) is 58.2 Å². The van der Waals surface area contributed by atoms with E-state index in [1.54, 1.807) is 4.90 Å². The van der Waals surface area contributed by atoms with Crippen LogP contribution >= 0.6 is 0 Å². The van der Waals surface area contributed by atoms with Gasteiger partial charge in [0, 0.05) is 19.5 Å². The Morgan fingerprint density at radius 2 is 1.92 bits per heavy atom. The first-order chi connectivity index (χ1) is 11.8. The molecular formula is C19H28N2O4. The van der Waals surface area contributed by atoms with E-state index in [4.69, 9.17) is 4.84 Å². The van der Waals surface area contributed by atoms with Gasteiger partial charge < -0.3 is 10.0 Å². The zero-order chi connectivity index (χ0) is 18.4. The number of hydrogen-bond acceptors (Lipinski definition) is 4. The fourth-order valence-corrected chi connectivity index (χ4v) is 2.90. The summed E-state index contributed by atoms with van der Waals surface area (Å²) in [6.45, 7) is 6.50. The summed E-state index contributed by atoms with van der Waals surface area (Å²) in [4.78, 5) is 32.1. The summed E-state index contributed by atoms with van der Waals surface area (Å²) in [7, 11) is 0. The number of hydroxylamine groups is 2. The van der Waals surface area contributed by atoms with E-state index in [-0.39, 0.29) is 12.0 Å². The van der Waals surface area contributed by atoms with E-state index in [1.165, 1.54) is 0 Å². The highest BCUT2D eigenvalue weighted by Crippen LogP contribution is 2.19. The van der Waals surface area contributed by atoms with Gasteiger partial charge in [-0.2, -0.15) is 0 Å². The van der Waals surface area contributed by atoms with Gasteiger partial charge >= 0.3 is 0 Å². The molecule has 2 rings (SSSR count). The first kappa shape index (κ1) is 19.4. The minimum atomic E-state index is -0.727. The second kappa shape index (κ2) is 8.45. The number of aliphatic hydroxyl groups is 1. The Hall–Kier alpha value is -1.92. The van der Waals surface area contributed by atoms with E-state index >= 15 is 0 Å². The zero-order valence-corrected chi connectivity index (χ0v) is 15.2. The quantitative estimate of drug-likeness (QED) is 0.628. The number of aliphatic hydroxyl groups excluding tert-OH is 1. The molecule has 0 aromatic heterocycles. The van der Waals surface area contributed by atoms with Crippen LogP contribution in [0.1, 0.15) is 39.2 Å². The molecule has 1 N–H and O–H groups in total. The van der Waals surface area contributed by atoms with Gasteiger partial charge in [-0.05, 0) is 39.2 Å². The van der Waals surface area contributed by atoms with E-state index in [9.17, 15) is 14.7 Å². The van der Waals surface area contributed by atoms with Crippen LogP contribution in [0.3, 0.4) is 0 Å². The van der Waals surface area contributed by atoms with Crippen molar-refractivity contribution in [3.8, 4) is 0 Å². The lowest BCUT2D eigenvalue weighted by molar-refractivity contribution is -0.233. The van der Waals surface area contributed by atoms with Gasteiger partial charge in [0.05, 0.1) is 11.7 Å². The van der Waals surface area contributed by atoms with Crippen molar-refractivity contribution < 1.29 is 19.5 Å². The molecule has 2 amide bonds. The number of hydrogen-bond donors (Lipinski definition) is 1. The van der Waals surface area contributed by atoms with Gasteiger partial charge in [-0.15, -0.1) is 0 Å². The van der Waals surface area contributed by atoms with Crippen molar-refractivity contribution in [2.75, 3.05) is 13.1 Å². The lowest BCUT2D eigenvalue weighted by atomic mass is 10.0. The predicted molar refractivity (Wildman–Crippen MR) is 94.5 cm³/mol. The van der Waals surface area contributed by atoms with E-state index in [2.05, 4.69) is 0 Å². The molecule has 1 aromatic carbocycles. The molecule has 6 nitrogen and oxygen atoms in total. The summed E-state index contributed by atoms with van der Waals surface area (Å²) in [5.74, 6) is -0.146. The van der Waals surface area contributed by atoms with E-state index < -0.39 is 11.6 Å². The largest absolute Gasteiger partial charge is 0.393 e. The lowest BCUT2D eigenvalue weighted by Gasteiger charge is -2.37. The molecule has 1 aliphatic heterocycles. The summed E-state index contributed by atoms with van der Waals surface area (Å²) in [6.07, 6.45) is 1.73.